The third-order valence-corrected chi connectivity index (χ3v) is 6.51. The number of halogens is 2. The number of ether oxygens (including phenoxy) is 3. The average molecular weight is 526 g/mol. The predicted molar refractivity (Wildman–Crippen MR) is 120 cm³/mol. The normalized spacial score (nSPS) is 18.9. The minimum absolute atomic E-state index is 0.281. The summed E-state index contributed by atoms with van der Waals surface area (Å²) in [5.41, 5.74) is 2.42. The first-order valence-corrected chi connectivity index (χ1v) is 11.5. The lowest BCUT2D eigenvalue weighted by atomic mass is 10.1. The van der Waals surface area contributed by atoms with Crippen LogP contribution in [0.4, 0.5) is 0 Å². The Kier molecular flexibility index (Phi) is 6.81. The number of benzene rings is 2. The lowest BCUT2D eigenvalue weighted by Crippen LogP contribution is -2.43. The third-order valence-electron chi connectivity index (χ3n) is 5.53. The molecular formula is C22H26Br2N2O3. The molecule has 2 heterocycles. The van der Waals surface area contributed by atoms with E-state index in [1.807, 2.05) is 24.3 Å². The van der Waals surface area contributed by atoms with Crippen molar-refractivity contribution in [1.82, 2.24) is 9.80 Å². The van der Waals surface area contributed by atoms with Crippen molar-refractivity contribution in [3.63, 3.8) is 0 Å². The Morgan fingerprint density at radius 3 is 1.72 bits per heavy atom. The first-order valence-electron chi connectivity index (χ1n) is 9.88. The highest BCUT2D eigenvalue weighted by Gasteiger charge is 2.24. The van der Waals surface area contributed by atoms with Crippen molar-refractivity contribution in [3.8, 4) is 11.5 Å². The first-order chi connectivity index (χ1) is 14.0. The minimum atomic E-state index is 0.281. The summed E-state index contributed by atoms with van der Waals surface area (Å²) in [6.07, 6.45) is 0. The molecule has 0 bridgehead atoms. The Morgan fingerprint density at radius 1 is 0.828 bits per heavy atom. The predicted octanol–water partition coefficient (Wildman–Crippen LogP) is 5.01. The van der Waals surface area contributed by atoms with E-state index in [0.29, 0.717) is 26.7 Å². The highest BCUT2D eigenvalue weighted by atomic mass is 79.9. The van der Waals surface area contributed by atoms with Crippen molar-refractivity contribution in [2.75, 3.05) is 26.7 Å². The van der Waals surface area contributed by atoms with Gasteiger partial charge < -0.3 is 14.2 Å². The van der Waals surface area contributed by atoms with E-state index in [1.54, 1.807) is 0 Å². The molecule has 2 aromatic carbocycles. The molecule has 0 aromatic heterocycles. The highest BCUT2D eigenvalue weighted by molar-refractivity contribution is 9.10. The molecule has 0 radical (unpaired) electrons. The van der Waals surface area contributed by atoms with Gasteiger partial charge in [-0.3, -0.25) is 9.80 Å². The molecule has 2 aromatic rings. The van der Waals surface area contributed by atoms with Gasteiger partial charge in [-0.15, -0.1) is 0 Å². The van der Waals surface area contributed by atoms with Crippen molar-refractivity contribution in [3.05, 3.63) is 56.5 Å². The van der Waals surface area contributed by atoms with Crippen LogP contribution in [0.25, 0.3) is 0 Å². The molecule has 0 amide bonds. The van der Waals surface area contributed by atoms with Gasteiger partial charge in [0.15, 0.2) is 0 Å². The van der Waals surface area contributed by atoms with E-state index in [4.69, 9.17) is 14.2 Å². The van der Waals surface area contributed by atoms with E-state index in [2.05, 4.69) is 67.6 Å². The summed E-state index contributed by atoms with van der Waals surface area (Å²) in [6, 6.07) is 12.9. The molecule has 0 fully saturated rings. The molecule has 2 aliphatic heterocycles. The van der Waals surface area contributed by atoms with Crippen LogP contribution in [-0.4, -0.2) is 48.6 Å². The summed E-state index contributed by atoms with van der Waals surface area (Å²) in [7, 11) is 0. The van der Waals surface area contributed by atoms with E-state index >= 15 is 0 Å². The Morgan fingerprint density at radius 2 is 1.28 bits per heavy atom. The van der Waals surface area contributed by atoms with Crippen molar-refractivity contribution < 1.29 is 14.2 Å². The molecular weight excluding hydrogens is 500 g/mol. The van der Waals surface area contributed by atoms with E-state index in [9.17, 15) is 0 Å². The molecule has 4 rings (SSSR count). The fourth-order valence-corrected chi connectivity index (χ4v) is 4.46. The molecule has 0 spiro atoms. The molecule has 0 saturated carbocycles. The van der Waals surface area contributed by atoms with Crippen LogP contribution in [0, 0.1) is 0 Å². The van der Waals surface area contributed by atoms with Crippen LogP contribution >= 0.6 is 31.9 Å². The molecule has 5 nitrogen and oxygen atoms in total. The third kappa shape index (κ3) is 5.14. The van der Waals surface area contributed by atoms with Gasteiger partial charge >= 0.3 is 0 Å². The van der Waals surface area contributed by atoms with Gasteiger partial charge in [-0.25, -0.2) is 0 Å². The quantitative estimate of drug-likeness (QED) is 0.529. The van der Waals surface area contributed by atoms with E-state index < -0.39 is 0 Å². The summed E-state index contributed by atoms with van der Waals surface area (Å²) in [5.74, 6) is 1.95. The van der Waals surface area contributed by atoms with Crippen LogP contribution in [0.1, 0.15) is 25.0 Å². The molecule has 156 valence electrons. The SMILES string of the molecule is CC(COCC(C)N1COc2ccc(Br)cc2C1)N1COc2ccc(Br)cc2C1. The maximum absolute atomic E-state index is 6.07. The second kappa shape index (κ2) is 9.35. The van der Waals surface area contributed by atoms with Gasteiger partial charge in [-0.05, 0) is 50.2 Å². The standard InChI is InChI=1S/C22H26Br2N2O3/c1-15(25-9-17-7-19(23)3-5-21(17)28-13-25)11-27-12-16(2)26-10-18-8-20(24)4-6-22(18)29-14-26/h3-8,15-16H,9-14H2,1-2H3. The van der Waals surface area contributed by atoms with Gasteiger partial charge in [-0.2, -0.15) is 0 Å². The van der Waals surface area contributed by atoms with E-state index in [0.717, 1.165) is 33.5 Å². The van der Waals surface area contributed by atoms with Crippen molar-refractivity contribution in [1.29, 1.82) is 0 Å². The number of nitrogens with zero attached hydrogens (tertiary/aromatic N) is 2. The molecule has 0 aliphatic carbocycles. The smallest absolute Gasteiger partial charge is 0.142 e. The fraction of sp³-hybridized carbons (Fsp3) is 0.455. The van der Waals surface area contributed by atoms with E-state index in [1.165, 1.54) is 11.1 Å². The molecule has 2 unspecified atom stereocenters. The average Bonchev–Trinajstić information content (AvgIpc) is 2.72. The largest absolute Gasteiger partial charge is 0.478 e. The summed E-state index contributed by atoms with van der Waals surface area (Å²) in [4.78, 5) is 4.61. The maximum atomic E-state index is 6.07. The summed E-state index contributed by atoms with van der Waals surface area (Å²) in [6.45, 7) is 8.67. The lowest BCUT2D eigenvalue weighted by Gasteiger charge is -2.35. The highest BCUT2D eigenvalue weighted by Crippen LogP contribution is 2.30. The second-order valence-corrected chi connectivity index (χ2v) is 9.61. The second-order valence-electron chi connectivity index (χ2n) is 7.78. The summed E-state index contributed by atoms with van der Waals surface area (Å²) in [5, 5.41) is 0. The zero-order valence-electron chi connectivity index (χ0n) is 16.7. The fourth-order valence-electron chi connectivity index (χ4n) is 3.64. The van der Waals surface area contributed by atoms with Gasteiger partial charge in [0.25, 0.3) is 0 Å². The topological polar surface area (TPSA) is 34.2 Å². The number of fused-ring (bicyclic) bond motifs is 2. The molecule has 29 heavy (non-hydrogen) atoms. The number of rotatable bonds is 6. The minimum Gasteiger partial charge on any atom is -0.478 e. The first kappa shape index (κ1) is 21.1. The van der Waals surface area contributed by atoms with E-state index in [-0.39, 0.29) is 12.1 Å². The van der Waals surface area contributed by atoms with Crippen LogP contribution < -0.4 is 9.47 Å². The van der Waals surface area contributed by atoms with Gasteiger partial charge in [0, 0.05) is 45.2 Å². The van der Waals surface area contributed by atoms with Gasteiger partial charge in [0.2, 0.25) is 0 Å². The molecule has 2 aliphatic rings. The maximum Gasteiger partial charge on any atom is 0.142 e. The number of hydrogen-bond donors (Lipinski definition) is 0. The lowest BCUT2D eigenvalue weighted by molar-refractivity contribution is -0.0188. The molecule has 0 N–H and O–H groups in total. The van der Waals surface area contributed by atoms with Crippen molar-refractivity contribution in [2.24, 2.45) is 0 Å². The molecule has 0 saturated heterocycles. The Labute approximate surface area is 189 Å². The Balaban J connectivity index is 1.25. The van der Waals surface area contributed by atoms with Gasteiger partial charge in [0.05, 0.1) is 13.2 Å². The monoisotopic (exact) mass is 524 g/mol. The van der Waals surface area contributed by atoms with Crippen LogP contribution in [0.2, 0.25) is 0 Å². The summed E-state index contributed by atoms with van der Waals surface area (Å²) >= 11 is 7.08. The Bertz CT molecular complexity index is 794. The van der Waals surface area contributed by atoms with Crippen LogP contribution in [0.5, 0.6) is 11.5 Å². The van der Waals surface area contributed by atoms with Crippen molar-refractivity contribution in [2.45, 2.75) is 39.0 Å². The molecule has 2 atom stereocenters. The van der Waals surface area contributed by atoms with Crippen molar-refractivity contribution >= 4 is 31.9 Å². The van der Waals surface area contributed by atoms with Gasteiger partial charge in [0.1, 0.15) is 25.0 Å². The molecule has 7 heteroatoms. The summed E-state index contributed by atoms with van der Waals surface area (Å²) < 4.78 is 20.0. The zero-order chi connectivity index (χ0) is 20.4. The van der Waals surface area contributed by atoms with Crippen LogP contribution in [0.15, 0.2) is 45.3 Å². The van der Waals surface area contributed by atoms with Crippen LogP contribution in [0.3, 0.4) is 0 Å². The Hall–Kier alpha value is -1.12. The zero-order valence-corrected chi connectivity index (χ0v) is 19.9. The number of hydrogen-bond acceptors (Lipinski definition) is 5. The van der Waals surface area contributed by atoms with Crippen LogP contribution in [-0.2, 0) is 17.8 Å². The van der Waals surface area contributed by atoms with Gasteiger partial charge in [-0.1, -0.05) is 31.9 Å².